The Bertz CT molecular complexity index is 427. The molecule has 0 aromatic heterocycles. The predicted octanol–water partition coefficient (Wildman–Crippen LogP) is 3.21. The molecule has 0 N–H and O–H groups in total. The Morgan fingerprint density at radius 2 is 1.65 bits per heavy atom. The zero-order valence-corrected chi connectivity index (χ0v) is 12.6. The minimum absolute atomic E-state index is 0.423. The molecule has 1 fully saturated rings. The Morgan fingerprint density at radius 1 is 1.00 bits per heavy atom. The monoisotopic (exact) mass is 280 g/mol. The first-order valence-corrected chi connectivity index (χ1v) is 7.45. The van der Waals surface area contributed by atoms with Crippen LogP contribution in [0.5, 0.6) is 17.2 Å². The van der Waals surface area contributed by atoms with Crippen LogP contribution in [0.25, 0.3) is 0 Å². The molecule has 1 heterocycles. The van der Waals surface area contributed by atoms with Crippen molar-refractivity contribution in [1.82, 2.24) is 0 Å². The van der Waals surface area contributed by atoms with Gasteiger partial charge in [0.15, 0.2) is 11.5 Å². The molecule has 1 unspecified atom stereocenters. The highest BCUT2D eigenvalue weighted by molar-refractivity contribution is 5.56. The van der Waals surface area contributed by atoms with Crippen LogP contribution in [0.1, 0.15) is 32.8 Å². The average molecular weight is 280 g/mol. The van der Waals surface area contributed by atoms with Gasteiger partial charge in [-0.25, -0.2) is 0 Å². The molecule has 4 nitrogen and oxygen atoms in total. The highest BCUT2D eigenvalue weighted by atomic mass is 16.6. The lowest BCUT2D eigenvalue weighted by molar-refractivity contribution is 0.259. The fraction of sp³-hybridized carbons (Fsp3) is 0.625. The van der Waals surface area contributed by atoms with E-state index in [0.29, 0.717) is 25.9 Å². The van der Waals surface area contributed by atoms with Crippen molar-refractivity contribution in [2.75, 3.05) is 26.4 Å². The van der Waals surface area contributed by atoms with Gasteiger partial charge < -0.3 is 18.9 Å². The molecule has 0 radical (unpaired) electrons. The Hall–Kier alpha value is -1.42. The molecule has 0 bridgehead atoms. The van der Waals surface area contributed by atoms with Gasteiger partial charge in [-0.15, -0.1) is 0 Å². The van der Waals surface area contributed by atoms with Crippen LogP contribution < -0.4 is 14.2 Å². The molecule has 0 spiro atoms. The summed E-state index contributed by atoms with van der Waals surface area (Å²) in [6.45, 7) is 8.62. The van der Waals surface area contributed by atoms with Crippen LogP contribution in [-0.2, 0) is 11.2 Å². The smallest absolute Gasteiger partial charge is 0.203 e. The standard InChI is InChI=1S/C16H24O4/c1-4-17-14-10-8-12(7-9-13-11-20-13)15(18-5-2)16(14)19-6-3/h8,10,13H,4-7,9,11H2,1-3H3. The van der Waals surface area contributed by atoms with Crippen molar-refractivity contribution in [3.63, 3.8) is 0 Å². The van der Waals surface area contributed by atoms with E-state index >= 15 is 0 Å². The summed E-state index contributed by atoms with van der Waals surface area (Å²) < 4.78 is 22.5. The van der Waals surface area contributed by atoms with Gasteiger partial charge in [-0.2, -0.15) is 0 Å². The van der Waals surface area contributed by atoms with Gasteiger partial charge in [0.2, 0.25) is 5.75 Å². The fourth-order valence-electron chi connectivity index (χ4n) is 2.19. The van der Waals surface area contributed by atoms with Gasteiger partial charge >= 0.3 is 0 Å². The highest BCUT2D eigenvalue weighted by Gasteiger charge is 2.24. The summed E-state index contributed by atoms with van der Waals surface area (Å²) in [5.41, 5.74) is 1.16. The number of ether oxygens (including phenoxy) is 4. The zero-order valence-electron chi connectivity index (χ0n) is 12.6. The lowest BCUT2D eigenvalue weighted by atomic mass is 10.1. The van der Waals surface area contributed by atoms with E-state index in [1.54, 1.807) is 0 Å². The molecule has 4 heteroatoms. The van der Waals surface area contributed by atoms with Crippen molar-refractivity contribution in [1.29, 1.82) is 0 Å². The van der Waals surface area contributed by atoms with E-state index in [4.69, 9.17) is 18.9 Å². The summed E-state index contributed by atoms with van der Waals surface area (Å²) in [4.78, 5) is 0. The third-order valence-electron chi connectivity index (χ3n) is 3.17. The maximum atomic E-state index is 5.81. The Morgan fingerprint density at radius 3 is 2.25 bits per heavy atom. The van der Waals surface area contributed by atoms with Gasteiger partial charge in [0, 0.05) is 0 Å². The lowest BCUT2D eigenvalue weighted by Gasteiger charge is -2.18. The summed E-state index contributed by atoms with van der Waals surface area (Å²) in [7, 11) is 0. The molecule has 112 valence electrons. The van der Waals surface area contributed by atoms with E-state index in [9.17, 15) is 0 Å². The summed E-state index contributed by atoms with van der Waals surface area (Å²) >= 11 is 0. The second kappa shape index (κ2) is 7.39. The van der Waals surface area contributed by atoms with Crippen LogP contribution in [0.4, 0.5) is 0 Å². The van der Waals surface area contributed by atoms with E-state index in [2.05, 4.69) is 6.07 Å². The Kier molecular flexibility index (Phi) is 5.53. The molecule has 0 amide bonds. The third-order valence-corrected chi connectivity index (χ3v) is 3.17. The minimum Gasteiger partial charge on any atom is -0.490 e. The molecule has 0 saturated carbocycles. The summed E-state index contributed by atoms with van der Waals surface area (Å²) in [5.74, 6) is 2.30. The van der Waals surface area contributed by atoms with Crippen LogP contribution in [0.3, 0.4) is 0 Å². The normalized spacial score (nSPS) is 16.9. The first kappa shape index (κ1) is 15.0. The maximum Gasteiger partial charge on any atom is 0.203 e. The molecular formula is C16H24O4. The molecular weight excluding hydrogens is 256 g/mol. The van der Waals surface area contributed by atoms with Crippen LogP contribution in [-0.4, -0.2) is 32.5 Å². The topological polar surface area (TPSA) is 40.2 Å². The molecule has 1 atom stereocenters. The SMILES string of the molecule is CCOc1ccc(CCC2CO2)c(OCC)c1OCC. The van der Waals surface area contributed by atoms with Crippen LogP contribution >= 0.6 is 0 Å². The van der Waals surface area contributed by atoms with E-state index in [0.717, 1.165) is 42.3 Å². The first-order valence-electron chi connectivity index (χ1n) is 7.45. The van der Waals surface area contributed by atoms with E-state index in [-0.39, 0.29) is 0 Å². The quantitative estimate of drug-likeness (QED) is 0.651. The van der Waals surface area contributed by atoms with Gasteiger partial charge in [-0.1, -0.05) is 6.07 Å². The van der Waals surface area contributed by atoms with E-state index in [1.165, 1.54) is 0 Å². The van der Waals surface area contributed by atoms with E-state index < -0.39 is 0 Å². The molecule has 20 heavy (non-hydrogen) atoms. The van der Waals surface area contributed by atoms with Crippen LogP contribution in [0.2, 0.25) is 0 Å². The highest BCUT2D eigenvalue weighted by Crippen LogP contribution is 2.41. The fourth-order valence-corrected chi connectivity index (χ4v) is 2.19. The molecule has 0 aliphatic carbocycles. The number of epoxide rings is 1. The largest absolute Gasteiger partial charge is 0.490 e. The lowest BCUT2D eigenvalue weighted by Crippen LogP contribution is -2.05. The van der Waals surface area contributed by atoms with Gasteiger partial charge in [-0.05, 0) is 45.2 Å². The second-order valence-electron chi connectivity index (χ2n) is 4.67. The number of benzene rings is 1. The van der Waals surface area contributed by atoms with Gasteiger partial charge in [0.05, 0.1) is 32.5 Å². The number of hydrogen-bond donors (Lipinski definition) is 0. The van der Waals surface area contributed by atoms with Crippen LogP contribution in [0.15, 0.2) is 12.1 Å². The van der Waals surface area contributed by atoms with Crippen molar-refractivity contribution in [2.24, 2.45) is 0 Å². The number of hydrogen-bond acceptors (Lipinski definition) is 4. The number of aryl methyl sites for hydroxylation is 1. The van der Waals surface area contributed by atoms with Gasteiger partial charge in [0.25, 0.3) is 0 Å². The zero-order chi connectivity index (χ0) is 14.4. The summed E-state index contributed by atoms with van der Waals surface area (Å²) in [6, 6.07) is 4.04. The maximum absolute atomic E-state index is 5.81. The Labute approximate surface area is 121 Å². The van der Waals surface area contributed by atoms with Crippen molar-refractivity contribution in [3.05, 3.63) is 17.7 Å². The average Bonchev–Trinajstić information content (AvgIpc) is 3.26. The molecule has 1 aromatic rings. The van der Waals surface area contributed by atoms with Crippen molar-refractivity contribution in [2.45, 2.75) is 39.7 Å². The first-order chi connectivity index (χ1) is 9.80. The molecule has 1 aromatic carbocycles. The second-order valence-corrected chi connectivity index (χ2v) is 4.67. The Balaban J connectivity index is 2.25. The molecule has 1 saturated heterocycles. The summed E-state index contributed by atoms with van der Waals surface area (Å²) in [6.07, 6.45) is 2.39. The van der Waals surface area contributed by atoms with Crippen molar-refractivity contribution >= 4 is 0 Å². The van der Waals surface area contributed by atoms with Crippen LogP contribution in [0, 0.1) is 0 Å². The minimum atomic E-state index is 0.423. The summed E-state index contributed by atoms with van der Waals surface area (Å²) in [5, 5.41) is 0. The number of rotatable bonds is 9. The van der Waals surface area contributed by atoms with Gasteiger partial charge in [-0.3, -0.25) is 0 Å². The third kappa shape index (κ3) is 3.79. The van der Waals surface area contributed by atoms with E-state index in [1.807, 2.05) is 26.8 Å². The van der Waals surface area contributed by atoms with Crippen molar-refractivity contribution in [3.8, 4) is 17.2 Å². The molecule has 1 aliphatic heterocycles. The van der Waals surface area contributed by atoms with Crippen molar-refractivity contribution < 1.29 is 18.9 Å². The predicted molar refractivity (Wildman–Crippen MR) is 78.0 cm³/mol. The molecule has 2 rings (SSSR count). The molecule has 1 aliphatic rings. The van der Waals surface area contributed by atoms with Gasteiger partial charge in [0.1, 0.15) is 0 Å².